The van der Waals surface area contributed by atoms with Gasteiger partial charge in [0.25, 0.3) is 0 Å². The highest BCUT2D eigenvalue weighted by Gasteiger charge is 2.31. The molecule has 3 heteroatoms. The zero-order valence-corrected chi connectivity index (χ0v) is 9.03. The Kier molecular flexibility index (Phi) is 4.39. The van der Waals surface area contributed by atoms with Gasteiger partial charge in [0.15, 0.2) is 6.10 Å². The molecule has 1 N–H and O–H groups in total. The Hall–Kier alpha value is -0.570. The largest absolute Gasteiger partial charge is 0.479 e. The first-order valence-electron chi connectivity index (χ1n) is 5.49. The van der Waals surface area contributed by atoms with E-state index in [2.05, 4.69) is 6.92 Å². The normalized spacial score (nSPS) is 29.9. The summed E-state index contributed by atoms with van der Waals surface area (Å²) in [6.45, 7) is 4.57. The van der Waals surface area contributed by atoms with Crippen LogP contribution in [0.25, 0.3) is 0 Å². The quantitative estimate of drug-likeness (QED) is 0.757. The summed E-state index contributed by atoms with van der Waals surface area (Å²) in [5.41, 5.74) is 0. The Bertz CT molecular complexity index is 183. The molecule has 82 valence electrons. The maximum atomic E-state index is 10.9. The second-order valence-electron chi connectivity index (χ2n) is 4.23. The van der Waals surface area contributed by atoms with Crippen molar-refractivity contribution in [3.05, 3.63) is 0 Å². The number of aliphatic carboxylic acids is 1. The zero-order valence-electron chi connectivity index (χ0n) is 9.03. The van der Waals surface area contributed by atoms with Gasteiger partial charge in [0, 0.05) is 6.61 Å². The predicted molar refractivity (Wildman–Crippen MR) is 54.2 cm³/mol. The van der Waals surface area contributed by atoms with Crippen molar-refractivity contribution in [3.63, 3.8) is 0 Å². The van der Waals surface area contributed by atoms with E-state index in [-0.39, 0.29) is 5.92 Å². The average molecular weight is 200 g/mol. The van der Waals surface area contributed by atoms with Crippen LogP contribution < -0.4 is 0 Å². The van der Waals surface area contributed by atoms with Gasteiger partial charge in [-0.3, -0.25) is 0 Å². The molecular weight excluding hydrogens is 180 g/mol. The van der Waals surface area contributed by atoms with Crippen LogP contribution in [0, 0.1) is 11.8 Å². The minimum absolute atomic E-state index is 0.226. The van der Waals surface area contributed by atoms with Crippen LogP contribution in [0.2, 0.25) is 0 Å². The van der Waals surface area contributed by atoms with Crippen LogP contribution in [0.1, 0.15) is 39.5 Å². The second-order valence-corrected chi connectivity index (χ2v) is 4.23. The van der Waals surface area contributed by atoms with Crippen LogP contribution in [-0.4, -0.2) is 23.8 Å². The van der Waals surface area contributed by atoms with Gasteiger partial charge in [-0.15, -0.1) is 0 Å². The highest BCUT2D eigenvalue weighted by atomic mass is 16.5. The van der Waals surface area contributed by atoms with Gasteiger partial charge in [-0.2, -0.15) is 0 Å². The Labute approximate surface area is 85.5 Å². The molecule has 0 radical (unpaired) electrons. The smallest absolute Gasteiger partial charge is 0.333 e. The number of ether oxygens (including phenoxy) is 1. The van der Waals surface area contributed by atoms with E-state index in [1.807, 2.05) is 6.92 Å². The first-order valence-corrected chi connectivity index (χ1v) is 5.49. The van der Waals surface area contributed by atoms with Crippen molar-refractivity contribution >= 4 is 5.97 Å². The van der Waals surface area contributed by atoms with Gasteiger partial charge in [-0.25, -0.2) is 4.79 Å². The van der Waals surface area contributed by atoms with Crippen LogP contribution in [0.15, 0.2) is 0 Å². The molecule has 0 aliphatic heterocycles. The van der Waals surface area contributed by atoms with E-state index in [0.29, 0.717) is 6.61 Å². The lowest BCUT2D eigenvalue weighted by Gasteiger charge is -2.30. The lowest BCUT2D eigenvalue weighted by Crippen LogP contribution is -2.34. The third-order valence-corrected chi connectivity index (χ3v) is 3.08. The monoisotopic (exact) mass is 200 g/mol. The summed E-state index contributed by atoms with van der Waals surface area (Å²) in [6.07, 6.45) is 3.70. The summed E-state index contributed by atoms with van der Waals surface area (Å²) in [5, 5.41) is 9.00. The van der Waals surface area contributed by atoms with Crippen molar-refractivity contribution in [1.29, 1.82) is 0 Å². The molecule has 1 rings (SSSR count). The first kappa shape index (κ1) is 11.5. The third-order valence-electron chi connectivity index (χ3n) is 3.08. The van der Waals surface area contributed by atoms with Gasteiger partial charge in [0.1, 0.15) is 0 Å². The fraction of sp³-hybridized carbons (Fsp3) is 0.909. The van der Waals surface area contributed by atoms with Gasteiger partial charge >= 0.3 is 5.97 Å². The molecule has 0 amide bonds. The van der Waals surface area contributed by atoms with Crippen LogP contribution in [-0.2, 0) is 9.53 Å². The maximum absolute atomic E-state index is 10.9. The number of hydrogen-bond acceptors (Lipinski definition) is 2. The zero-order chi connectivity index (χ0) is 10.6. The molecular formula is C11H20O3. The molecule has 1 aliphatic rings. The summed E-state index contributed by atoms with van der Waals surface area (Å²) in [5.74, 6) is 0.178. The molecule has 0 aromatic carbocycles. The van der Waals surface area contributed by atoms with Crippen molar-refractivity contribution in [1.82, 2.24) is 0 Å². The fourth-order valence-electron chi connectivity index (χ4n) is 2.18. The van der Waals surface area contributed by atoms with E-state index in [1.165, 1.54) is 0 Å². The molecule has 1 unspecified atom stereocenters. The molecule has 0 heterocycles. The predicted octanol–water partition coefficient (Wildman–Crippen LogP) is 2.30. The molecule has 0 saturated heterocycles. The maximum Gasteiger partial charge on any atom is 0.333 e. The van der Waals surface area contributed by atoms with E-state index in [1.54, 1.807) is 0 Å². The first-order chi connectivity index (χ1) is 6.65. The van der Waals surface area contributed by atoms with Gasteiger partial charge in [-0.1, -0.05) is 19.8 Å². The summed E-state index contributed by atoms with van der Waals surface area (Å²) >= 11 is 0. The highest BCUT2D eigenvalue weighted by molar-refractivity contribution is 5.72. The van der Waals surface area contributed by atoms with Crippen LogP contribution in [0.4, 0.5) is 0 Å². The van der Waals surface area contributed by atoms with Crippen LogP contribution >= 0.6 is 0 Å². The second kappa shape index (κ2) is 5.35. The lowest BCUT2D eigenvalue weighted by atomic mass is 9.80. The Morgan fingerprint density at radius 1 is 1.43 bits per heavy atom. The van der Waals surface area contributed by atoms with E-state index in [0.717, 1.165) is 31.6 Å². The Morgan fingerprint density at radius 2 is 2.00 bits per heavy atom. The van der Waals surface area contributed by atoms with Crippen molar-refractivity contribution in [2.24, 2.45) is 11.8 Å². The van der Waals surface area contributed by atoms with Gasteiger partial charge < -0.3 is 9.84 Å². The van der Waals surface area contributed by atoms with E-state index in [4.69, 9.17) is 9.84 Å². The van der Waals surface area contributed by atoms with Crippen molar-refractivity contribution in [2.75, 3.05) is 6.61 Å². The summed E-state index contributed by atoms with van der Waals surface area (Å²) < 4.78 is 5.28. The molecule has 14 heavy (non-hydrogen) atoms. The van der Waals surface area contributed by atoms with Gasteiger partial charge in [-0.05, 0) is 31.6 Å². The molecule has 0 spiro atoms. The number of hydrogen-bond donors (Lipinski definition) is 1. The standard InChI is InChI=1S/C11H20O3/c1-3-14-10(11(12)13)9-6-4-8(2)5-7-9/h8-10H,3-7H2,1-2H3,(H,12,13). The van der Waals surface area contributed by atoms with Crippen molar-refractivity contribution in [3.8, 4) is 0 Å². The van der Waals surface area contributed by atoms with Gasteiger partial charge in [0.05, 0.1) is 0 Å². The molecule has 1 atom stereocenters. The van der Waals surface area contributed by atoms with Crippen LogP contribution in [0.3, 0.4) is 0 Å². The van der Waals surface area contributed by atoms with Crippen LogP contribution in [0.5, 0.6) is 0 Å². The van der Waals surface area contributed by atoms with Gasteiger partial charge in [0.2, 0.25) is 0 Å². The molecule has 0 aromatic heterocycles. The lowest BCUT2D eigenvalue weighted by molar-refractivity contribution is -0.155. The van der Waals surface area contributed by atoms with E-state index < -0.39 is 12.1 Å². The summed E-state index contributed by atoms with van der Waals surface area (Å²) in [7, 11) is 0. The summed E-state index contributed by atoms with van der Waals surface area (Å²) in [4.78, 5) is 10.9. The van der Waals surface area contributed by atoms with Crippen molar-refractivity contribution < 1.29 is 14.6 Å². The minimum atomic E-state index is -0.800. The Balaban J connectivity index is 2.47. The number of carboxylic acid groups (broad SMARTS) is 1. The Morgan fingerprint density at radius 3 is 2.43 bits per heavy atom. The van der Waals surface area contributed by atoms with E-state index >= 15 is 0 Å². The van der Waals surface area contributed by atoms with Crippen molar-refractivity contribution in [2.45, 2.75) is 45.6 Å². The molecule has 1 aliphatic carbocycles. The molecule has 3 nitrogen and oxygen atoms in total. The molecule has 1 fully saturated rings. The highest BCUT2D eigenvalue weighted by Crippen LogP contribution is 2.31. The number of carboxylic acids is 1. The topological polar surface area (TPSA) is 46.5 Å². The summed E-state index contributed by atoms with van der Waals surface area (Å²) in [6, 6.07) is 0. The fourth-order valence-corrected chi connectivity index (χ4v) is 2.18. The molecule has 0 bridgehead atoms. The minimum Gasteiger partial charge on any atom is -0.479 e. The molecule has 0 aromatic rings. The number of rotatable bonds is 4. The average Bonchev–Trinajstić information content (AvgIpc) is 2.15. The number of carbonyl (C=O) groups is 1. The van der Waals surface area contributed by atoms with E-state index in [9.17, 15) is 4.79 Å². The third kappa shape index (κ3) is 2.98. The molecule has 1 saturated carbocycles. The SMILES string of the molecule is CCOC(C(=O)O)C1CCC(C)CC1.